The van der Waals surface area contributed by atoms with Gasteiger partial charge in [0.05, 0.1) is 5.56 Å². The molecule has 3 nitrogen and oxygen atoms in total. The number of carbonyl (C=O) groups is 1. The van der Waals surface area contributed by atoms with Crippen LogP contribution in [0.15, 0.2) is 64.4 Å². The van der Waals surface area contributed by atoms with Crippen LogP contribution in [0.25, 0.3) is 0 Å². The minimum absolute atomic E-state index is 0.143. The predicted molar refractivity (Wildman–Crippen MR) is 95.0 cm³/mol. The van der Waals surface area contributed by atoms with Crippen molar-refractivity contribution in [2.75, 3.05) is 20.1 Å². The lowest BCUT2D eigenvalue weighted by molar-refractivity contribution is 0.0694. The highest BCUT2D eigenvalue weighted by molar-refractivity contribution is 7.99. The molecule has 23 heavy (non-hydrogen) atoms. The highest BCUT2D eigenvalue weighted by atomic mass is 32.2. The quantitative estimate of drug-likeness (QED) is 0.930. The molecule has 4 heteroatoms. The lowest BCUT2D eigenvalue weighted by Gasteiger charge is -2.33. The van der Waals surface area contributed by atoms with Gasteiger partial charge >= 0.3 is 0 Å². The number of hydrogen-bond acceptors (Lipinski definition) is 3. The molecule has 0 saturated carbocycles. The third kappa shape index (κ3) is 3.95. The maximum atomic E-state index is 13.0. The number of nitrogens with zero attached hydrogens (tertiary/aromatic N) is 1. The van der Waals surface area contributed by atoms with E-state index in [-0.39, 0.29) is 5.91 Å². The predicted octanol–water partition coefficient (Wildman–Crippen LogP) is 3.66. The Balaban J connectivity index is 1.80. The molecule has 1 atom stereocenters. The van der Waals surface area contributed by atoms with E-state index in [4.69, 9.17) is 0 Å². The molecule has 1 fully saturated rings. The van der Waals surface area contributed by atoms with Crippen LogP contribution in [0.2, 0.25) is 0 Å². The number of likely N-dealkylation sites (N-methyl/N-ethyl adjacent to an activating group) is 1. The maximum absolute atomic E-state index is 13.0. The normalized spacial score (nSPS) is 18.0. The standard InChI is InChI=1S/C19H22N2OS/c1-20-15-8-7-13-21(14-15)19(22)17-11-5-6-12-18(17)23-16-9-3-2-4-10-16/h2-6,9-12,15,20H,7-8,13-14H2,1H3. The molecule has 1 saturated heterocycles. The van der Waals surface area contributed by atoms with E-state index in [1.54, 1.807) is 11.8 Å². The molecule has 0 spiro atoms. The molecule has 1 aliphatic heterocycles. The highest BCUT2D eigenvalue weighted by Gasteiger charge is 2.25. The van der Waals surface area contributed by atoms with Crippen molar-refractivity contribution < 1.29 is 4.79 Å². The van der Waals surface area contributed by atoms with Gasteiger partial charge in [-0.1, -0.05) is 42.1 Å². The first-order chi connectivity index (χ1) is 11.3. The van der Waals surface area contributed by atoms with Crippen LogP contribution in [0.5, 0.6) is 0 Å². The van der Waals surface area contributed by atoms with Crippen molar-refractivity contribution in [3.63, 3.8) is 0 Å². The summed E-state index contributed by atoms with van der Waals surface area (Å²) in [6, 6.07) is 18.5. The van der Waals surface area contributed by atoms with Crippen molar-refractivity contribution in [2.45, 2.75) is 28.7 Å². The third-order valence-electron chi connectivity index (χ3n) is 4.21. The summed E-state index contributed by atoms with van der Waals surface area (Å²) in [4.78, 5) is 17.1. The van der Waals surface area contributed by atoms with Gasteiger partial charge in [0, 0.05) is 28.9 Å². The van der Waals surface area contributed by atoms with Crippen LogP contribution in [-0.2, 0) is 0 Å². The number of benzene rings is 2. The van der Waals surface area contributed by atoms with E-state index in [9.17, 15) is 4.79 Å². The average Bonchev–Trinajstić information content (AvgIpc) is 2.62. The van der Waals surface area contributed by atoms with Gasteiger partial charge in [-0.15, -0.1) is 0 Å². The summed E-state index contributed by atoms with van der Waals surface area (Å²) < 4.78 is 0. The Kier molecular flexibility index (Phi) is 5.36. The molecule has 3 rings (SSSR count). The van der Waals surface area contributed by atoms with E-state index in [2.05, 4.69) is 17.4 Å². The van der Waals surface area contributed by atoms with Crippen molar-refractivity contribution in [3.05, 3.63) is 60.2 Å². The molecule has 2 aromatic carbocycles. The molecule has 1 amide bonds. The van der Waals surface area contributed by atoms with Gasteiger partial charge in [0.2, 0.25) is 0 Å². The van der Waals surface area contributed by atoms with Gasteiger partial charge in [-0.2, -0.15) is 0 Å². The van der Waals surface area contributed by atoms with E-state index in [1.165, 1.54) is 0 Å². The Labute approximate surface area is 142 Å². The Morgan fingerprint density at radius 2 is 1.87 bits per heavy atom. The largest absolute Gasteiger partial charge is 0.337 e. The van der Waals surface area contributed by atoms with Gasteiger partial charge in [-0.25, -0.2) is 0 Å². The first-order valence-electron chi connectivity index (χ1n) is 8.06. The maximum Gasteiger partial charge on any atom is 0.255 e. The van der Waals surface area contributed by atoms with Gasteiger partial charge in [0.25, 0.3) is 5.91 Å². The molecule has 120 valence electrons. The number of piperidine rings is 1. The molecule has 0 bridgehead atoms. The van der Waals surface area contributed by atoms with Crippen LogP contribution in [0.4, 0.5) is 0 Å². The molecule has 2 aromatic rings. The molecule has 0 aliphatic carbocycles. The summed E-state index contributed by atoms with van der Waals surface area (Å²) >= 11 is 1.65. The molecule has 1 heterocycles. The second-order valence-corrected chi connectivity index (χ2v) is 6.91. The summed E-state index contributed by atoms with van der Waals surface area (Å²) in [7, 11) is 1.97. The second-order valence-electron chi connectivity index (χ2n) is 5.79. The van der Waals surface area contributed by atoms with Crippen molar-refractivity contribution in [1.29, 1.82) is 0 Å². The molecule has 0 radical (unpaired) electrons. The van der Waals surface area contributed by atoms with E-state index >= 15 is 0 Å². The highest BCUT2D eigenvalue weighted by Crippen LogP contribution is 2.31. The van der Waals surface area contributed by atoms with Gasteiger partial charge in [0.15, 0.2) is 0 Å². The first kappa shape index (κ1) is 16.1. The third-order valence-corrected chi connectivity index (χ3v) is 5.29. The number of amides is 1. The minimum Gasteiger partial charge on any atom is -0.337 e. The zero-order valence-corrected chi connectivity index (χ0v) is 14.2. The molecule has 1 unspecified atom stereocenters. The lowest BCUT2D eigenvalue weighted by atomic mass is 10.0. The number of hydrogen-bond donors (Lipinski definition) is 1. The lowest BCUT2D eigenvalue weighted by Crippen LogP contribution is -2.47. The summed E-state index contributed by atoms with van der Waals surface area (Å²) in [5, 5.41) is 3.30. The molecule has 1 N–H and O–H groups in total. The smallest absolute Gasteiger partial charge is 0.255 e. The molecular weight excluding hydrogens is 304 g/mol. The summed E-state index contributed by atoms with van der Waals surface area (Å²) in [5.41, 5.74) is 0.804. The van der Waals surface area contributed by atoms with Crippen molar-refractivity contribution in [2.24, 2.45) is 0 Å². The Hall–Kier alpha value is -1.78. The van der Waals surface area contributed by atoms with Gasteiger partial charge in [0.1, 0.15) is 0 Å². The van der Waals surface area contributed by atoms with E-state index < -0.39 is 0 Å². The Bertz CT molecular complexity index is 659. The van der Waals surface area contributed by atoms with Crippen LogP contribution in [0.3, 0.4) is 0 Å². The average molecular weight is 326 g/mol. The summed E-state index contributed by atoms with van der Waals surface area (Å²) in [6.07, 6.45) is 2.20. The van der Waals surface area contributed by atoms with Crippen LogP contribution in [0.1, 0.15) is 23.2 Å². The topological polar surface area (TPSA) is 32.3 Å². The van der Waals surface area contributed by atoms with Crippen LogP contribution >= 0.6 is 11.8 Å². The summed E-state index contributed by atoms with van der Waals surface area (Å²) in [6.45, 7) is 1.64. The fraction of sp³-hybridized carbons (Fsp3) is 0.316. The Morgan fingerprint density at radius 3 is 2.65 bits per heavy atom. The first-order valence-corrected chi connectivity index (χ1v) is 8.88. The number of carbonyl (C=O) groups excluding carboxylic acids is 1. The molecule has 1 aliphatic rings. The monoisotopic (exact) mass is 326 g/mol. The zero-order valence-electron chi connectivity index (χ0n) is 13.4. The Morgan fingerprint density at radius 1 is 1.13 bits per heavy atom. The van der Waals surface area contributed by atoms with Crippen LogP contribution in [-0.4, -0.2) is 37.0 Å². The summed E-state index contributed by atoms with van der Waals surface area (Å²) in [5.74, 6) is 0.143. The fourth-order valence-electron chi connectivity index (χ4n) is 2.92. The molecular formula is C19H22N2OS. The minimum atomic E-state index is 0.143. The van der Waals surface area contributed by atoms with Crippen molar-refractivity contribution in [3.8, 4) is 0 Å². The van der Waals surface area contributed by atoms with E-state index in [0.29, 0.717) is 6.04 Å². The fourth-order valence-corrected chi connectivity index (χ4v) is 3.87. The SMILES string of the molecule is CNC1CCCN(C(=O)c2ccccc2Sc2ccccc2)C1. The number of rotatable bonds is 4. The van der Waals surface area contributed by atoms with E-state index in [0.717, 1.165) is 41.3 Å². The molecule has 0 aromatic heterocycles. The van der Waals surface area contributed by atoms with Crippen LogP contribution < -0.4 is 5.32 Å². The van der Waals surface area contributed by atoms with E-state index in [1.807, 2.05) is 54.4 Å². The van der Waals surface area contributed by atoms with Crippen LogP contribution in [0, 0.1) is 0 Å². The van der Waals surface area contributed by atoms with Gasteiger partial charge in [-0.05, 0) is 44.2 Å². The number of likely N-dealkylation sites (tertiary alicyclic amines) is 1. The zero-order chi connectivity index (χ0) is 16.1. The van der Waals surface area contributed by atoms with Gasteiger partial charge in [-0.3, -0.25) is 4.79 Å². The second kappa shape index (κ2) is 7.66. The van der Waals surface area contributed by atoms with Crippen molar-refractivity contribution in [1.82, 2.24) is 10.2 Å². The van der Waals surface area contributed by atoms with Crippen molar-refractivity contribution >= 4 is 17.7 Å². The van der Waals surface area contributed by atoms with Gasteiger partial charge < -0.3 is 10.2 Å². The number of nitrogens with one attached hydrogen (secondary N) is 1.